The van der Waals surface area contributed by atoms with Gasteiger partial charge in [-0.05, 0) is 97.1 Å². The molecule has 0 aliphatic carbocycles. The monoisotopic (exact) mass is 609 g/mol. The third kappa shape index (κ3) is 8.17. The Balaban J connectivity index is 1.53. The summed E-state index contributed by atoms with van der Waals surface area (Å²) >= 11 is 1.48. The van der Waals surface area contributed by atoms with E-state index in [2.05, 4.69) is 8.49 Å². The van der Waals surface area contributed by atoms with Gasteiger partial charge in [0.15, 0.2) is 6.61 Å². The van der Waals surface area contributed by atoms with E-state index in [-0.39, 0.29) is 24.9 Å². The van der Waals surface area contributed by atoms with Crippen molar-refractivity contribution < 1.29 is 40.0 Å². The Bertz CT molecular complexity index is 1470. The van der Waals surface area contributed by atoms with E-state index in [1.807, 2.05) is 49.4 Å². The van der Waals surface area contributed by atoms with Crippen molar-refractivity contribution >= 4 is 28.0 Å². The summed E-state index contributed by atoms with van der Waals surface area (Å²) in [6.45, 7) is 4.70. The molecule has 1 heterocycles. The van der Waals surface area contributed by atoms with Crippen molar-refractivity contribution in [1.29, 1.82) is 0 Å². The van der Waals surface area contributed by atoms with E-state index in [0.717, 1.165) is 28.9 Å². The molecule has 3 aromatic carbocycles. The maximum absolute atomic E-state index is 12.9. The molecule has 0 fully saturated rings. The Morgan fingerprint density at radius 2 is 1.83 bits per heavy atom. The van der Waals surface area contributed by atoms with Gasteiger partial charge < -0.3 is 13.7 Å². The Labute approximate surface area is 241 Å². The van der Waals surface area contributed by atoms with Gasteiger partial charge in [-0.1, -0.05) is 36.4 Å². The molecule has 220 valence electrons. The number of alkyl halides is 3. The van der Waals surface area contributed by atoms with Crippen LogP contribution >= 0.6 is 11.9 Å². The Hall–Kier alpha value is -3.22. The lowest BCUT2D eigenvalue weighted by Gasteiger charge is -2.34. The number of rotatable bonds is 11. The van der Waals surface area contributed by atoms with Gasteiger partial charge in [0.05, 0.1) is 6.61 Å². The van der Waals surface area contributed by atoms with Crippen molar-refractivity contribution in [3.63, 3.8) is 0 Å². The molecule has 0 saturated carbocycles. The van der Waals surface area contributed by atoms with Crippen molar-refractivity contribution in [1.82, 2.24) is 4.31 Å². The van der Waals surface area contributed by atoms with Crippen molar-refractivity contribution in [2.75, 3.05) is 19.8 Å². The Kier molecular flexibility index (Phi) is 9.88. The van der Waals surface area contributed by atoms with Gasteiger partial charge in [0.2, 0.25) is 0 Å². The first-order chi connectivity index (χ1) is 19.4. The first-order valence-electron chi connectivity index (χ1n) is 12.9. The molecule has 41 heavy (non-hydrogen) atoms. The van der Waals surface area contributed by atoms with E-state index in [1.165, 1.54) is 29.6 Å². The lowest BCUT2D eigenvalue weighted by molar-refractivity contribution is -0.145. The predicted octanol–water partition coefficient (Wildman–Crippen LogP) is 6.40. The van der Waals surface area contributed by atoms with E-state index in [0.29, 0.717) is 24.4 Å². The van der Waals surface area contributed by atoms with Crippen molar-refractivity contribution in [2.45, 2.75) is 49.6 Å². The molecule has 0 spiro atoms. The van der Waals surface area contributed by atoms with Crippen LogP contribution in [-0.4, -0.2) is 44.0 Å². The fourth-order valence-electron chi connectivity index (χ4n) is 4.57. The summed E-state index contributed by atoms with van der Waals surface area (Å²) in [6, 6.07) is 19.9. The molecule has 0 bridgehead atoms. The average molecular weight is 610 g/mol. The highest BCUT2D eigenvalue weighted by Crippen LogP contribution is 2.39. The molecule has 1 aliphatic rings. The molecule has 0 radical (unpaired) electrons. The van der Waals surface area contributed by atoms with Gasteiger partial charge in [-0.2, -0.15) is 21.6 Å². The van der Waals surface area contributed by atoms with E-state index < -0.39 is 21.6 Å². The summed E-state index contributed by atoms with van der Waals surface area (Å²) < 4.78 is 78.9. The van der Waals surface area contributed by atoms with E-state index in [9.17, 15) is 26.4 Å². The number of carbonyl (C=O) groups is 1. The number of fused-ring (bicyclic) bond motifs is 1. The molecule has 1 unspecified atom stereocenters. The lowest BCUT2D eigenvalue weighted by Crippen LogP contribution is -2.30. The molecular formula is C29H30F3NO6S2. The standard InChI is InChI=1S/C29H30F3NO6S2/c1-3-37-28(34)19-38-27-14-12-25(15-20(27)2)40-33-17-22(10-9-21-7-5-4-6-8-21)26-13-11-24(16-23(26)18-33)39-41(35,36)29(30,31)32/h4-8,11-16,22H,3,9-10,17-19H2,1-2H3. The second-order valence-electron chi connectivity index (χ2n) is 9.50. The number of carbonyl (C=O) groups excluding carboxylic acids is 1. The second-order valence-corrected chi connectivity index (χ2v) is 12.2. The largest absolute Gasteiger partial charge is 0.534 e. The van der Waals surface area contributed by atoms with Gasteiger partial charge in [-0.25, -0.2) is 9.10 Å². The minimum atomic E-state index is -5.78. The van der Waals surface area contributed by atoms with Crippen LogP contribution in [0.15, 0.2) is 71.6 Å². The lowest BCUT2D eigenvalue weighted by atomic mass is 9.86. The summed E-state index contributed by atoms with van der Waals surface area (Å²) in [5, 5.41) is 0. The maximum Gasteiger partial charge on any atom is 0.534 e. The molecule has 0 aromatic heterocycles. The Morgan fingerprint density at radius 1 is 1.07 bits per heavy atom. The molecule has 0 amide bonds. The van der Waals surface area contributed by atoms with Gasteiger partial charge in [-0.15, -0.1) is 0 Å². The summed E-state index contributed by atoms with van der Waals surface area (Å²) in [7, 11) is -5.78. The van der Waals surface area contributed by atoms with Gasteiger partial charge >= 0.3 is 21.6 Å². The average Bonchev–Trinajstić information content (AvgIpc) is 2.91. The molecule has 0 saturated heterocycles. The van der Waals surface area contributed by atoms with Crippen LogP contribution in [0.1, 0.15) is 41.5 Å². The molecular weight excluding hydrogens is 579 g/mol. The highest BCUT2D eigenvalue weighted by atomic mass is 32.2. The van der Waals surface area contributed by atoms with Gasteiger partial charge in [0.1, 0.15) is 11.5 Å². The quantitative estimate of drug-likeness (QED) is 0.107. The zero-order valence-electron chi connectivity index (χ0n) is 22.5. The number of nitrogens with zero attached hydrogens (tertiary/aromatic N) is 1. The van der Waals surface area contributed by atoms with Crippen LogP contribution in [-0.2, 0) is 32.6 Å². The Morgan fingerprint density at radius 3 is 2.51 bits per heavy atom. The van der Waals surface area contributed by atoms with Crippen molar-refractivity contribution in [2.24, 2.45) is 0 Å². The number of ether oxygens (including phenoxy) is 2. The highest BCUT2D eigenvalue weighted by Gasteiger charge is 2.48. The normalized spacial score (nSPS) is 15.7. The highest BCUT2D eigenvalue weighted by molar-refractivity contribution is 7.97. The van der Waals surface area contributed by atoms with Gasteiger partial charge in [0, 0.05) is 18.0 Å². The van der Waals surface area contributed by atoms with Crippen LogP contribution in [0.5, 0.6) is 11.5 Å². The molecule has 7 nitrogen and oxygen atoms in total. The number of benzene rings is 3. The second kappa shape index (κ2) is 13.2. The van der Waals surface area contributed by atoms with Crippen LogP contribution in [0.3, 0.4) is 0 Å². The molecule has 0 N–H and O–H groups in total. The zero-order chi connectivity index (χ0) is 29.6. The van der Waals surface area contributed by atoms with Crippen LogP contribution < -0.4 is 8.92 Å². The zero-order valence-corrected chi connectivity index (χ0v) is 24.2. The van der Waals surface area contributed by atoms with E-state index >= 15 is 0 Å². The first-order valence-corrected chi connectivity index (χ1v) is 15.1. The maximum atomic E-state index is 12.9. The predicted molar refractivity (Wildman–Crippen MR) is 149 cm³/mol. The third-order valence-corrected chi connectivity index (χ3v) is 8.45. The number of hydrogen-bond acceptors (Lipinski definition) is 8. The topological polar surface area (TPSA) is 82.1 Å². The number of halogens is 3. The SMILES string of the molecule is CCOC(=O)COc1ccc(SN2Cc3cc(OS(=O)(=O)C(F)(F)F)ccc3C(CCc3ccccc3)C2)cc1C. The van der Waals surface area contributed by atoms with E-state index in [4.69, 9.17) is 9.47 Å². The summed E-state index contributed by atoms with van der Waals surface area (Å²) in [5.74, 6) is -0.230. The molecule has 3 aromatic rings. The fraction of sp³-hybridized carbons (Fsp3) is 0.345. The van der Waals surface area contributed by atoms with Crippen LogP contribution in [0.2, 0.25) is 0 Å². The summed E-state index contributed by atoms with van der Waals surface area (Å²) in [5.41, 5.74) is -1.88. The molecule has 4 rings (SSSR count). The number of hydrogen-bond donors (Lipinski definition) is 0. The molecule has 1 aliphatic heterocycles. The van der Waals surface area contributed by atoms with Crippen molar-refractivity contribution in [3.8, 4) is 11.5 Å². The summed E-state index contributed by atoms with van der Waals surface area (Å²) in [6.07, 6.45) is 1.59. The molecule has 12 heteroatoms. The van der Waals surface area contributed by atoms with Crippen molar-refractivity contribution in [3.05, 3.63) is 89.0 Å². The first kappa shape index (κ1) is 30.7. The number of esters is 1. The summed E-state index contributed by atoms with van der Waals surface area (Å²) in [4.78, 5) is 12.5. The van der Waals surface area contributed by atoms with E-state index in [1.54, 1.807) is 19.1 Å². The fourth-order valence-corrected chi connectivity index (χ4v) is 6.14. The van der Waals surface area contributed by atoms with Gasteiger partial charge in [0.25, 0.3) is 0 Å². The molecule has 1 atom stereocenters. The van der Waals surface area contributed by atoms with Crippen LogP contribution in [0, 0.1) is 6.92 Å². The smallest absolute Gasteiger partial charge is 0.482 e. The number of aryl methyl sites for hydroxylation is 2. The van der Waals surface area contributed by atoms with Crippen LogP contribution in [0.25, 0.3) is 0 Å². The van der Waals surface area contributed by atoms with Gasteiger partial charge in [-0.3, -0.25) is 0 Å². The minimum Gasteiger partial charge on any atom is -0.482 e. The third-order valence-electron chi connectivity index (χ3n) is 6.47. The minimum absolute atomic E-state index is 0.0491. The van der Waals surface area contributed by atoms with Crippen LogP contribution in [0.4, 0.5) is 13.2 Å².